The molecule has 5 rings (SSSR count). The van der Waals surface area contributed by atoms with Crippen LogP contribution in [0.2, 0.25) is 0 Å². The Kier molecular flexibility index (Phi) is 5.69. The molecule has 3 N–H and O–H groups in total. The molecule has 0 spiro atoms. The molecule has 6 nitrogen and oxygen atoms in total. The summed E-state index contributed by atoms with van der Waals surface area (Å²) in [5.74, 6) is 0.846. The first kappa shape index (κ1) is 20.1. The third-order valence-electron chi connectivity index (χ3n) is 5.07. The van der Waals surface area contributed by atoms with Crippen molar-refractivity contribution >= 4 is 55.3 Å². The molecule has 4 heterocycles. The Bertz CT molecular complexity index is 1320. The molecular formula is C23H24N6S2. The summed E-state index contributed by atoms with van der Waals surface area (Å²) in [6.07, 6.45) is 3.58. The van der Waals surface area contributed by atoms with Gasteiger partial charge in [0.15, 0.2) is 5.82 Å². The van der Waals surface area contributed by atoms with Gasteiger partial charge in [-0.25, -0.2) is 9.97 Å². The molecule has 0 fully saturated rings. The molecule has 8 heteroatoms. The van der Waals surface area contributed by atoms with Crippen LogP contribution in [0, 0.1) is 0 Å². The van der Waals surface area contributed by atoms with Crippen molar-refractivity contribution in [2.45, 2.75) is 6.54 Å². The quantitative estimate of drug-likeness (QED) is 0.281. The van der Waals surface area contributed by atoms with Crippen molar-refractivity contribution < 1.29 is 0 Å². The van der Waals surface area contributed by atoms with Crippen LogP contribution in [0.15, 0.2) is 55.0 Å². The molecule has 0 radical (unpaired) electrons. The fourth-order valence-electron chi connectivity index (χ4n) is 3.45. The molecule has 4 aromatic heterocycles. The first-order chi connectivity index (χ1) is 15.2. The molecule has 31 heavy (non-hydrogen) atoms. The number of rotatable bonds is 8. The zero-order valence-corrected chi connectivity index (χ0v) is 19.1. The van der Waals surface area contributed by atoms with Gasteiger partial charge in [-0.1, -0.05) is 0 Å². The number of benzene rings is 1. The van der Waals surface area contributed by atoms with E-state index in [0.717, 1.165) is 46.9 Å². The van der Waals surface area contributed by atoms with Crippen LogP contribution in [0.5, 0.6) is 0 Å². The zero-order chi connectivity index (χ0) is 21.2. The molecule has 0 aliphatic rings. The Morgan fingerprint density at radius 3 is 2.84 bits per heavy atom. The number of hydrogen-bond donors (Lipinski definition) is 3. The maximum atomic E-state index is 4.52. The average molecular weight is 449 g/mol. The van der Waals surface area contributed by atoms with Gasteiger partial charge in [0.25, 0.3) is 0 Å². The maximum absolute atomic E-state index is 4.52. The fraction of sp³-hybridized carbons (Fsp3) is 0.217. The summed E-state index contributed by atoms with van der Waals surface area (Å²) in [4.78, 5) is 18.3. The lowest BCUT2D eigenvalue weighted by atomic mass is 10.2. The number of hydrogen-bond acceptors (Lipinski definition) is 7. The van der Waals surface area contributed by atoms with Gasteiger partial charge in [0.1, 0.15) is 6.33 Å². The van der Waals surface area contributed by atoms with E-state index in [2.05, 4.69) is 87.0 Å². The van der Waals surface area contributed by atoms with Crippen LogP contribution in [0.4, 0.5) is 11.5 Å². The highest BCUT2D eigenvalue weighted by Gasteiger charge is 2.12. The molecule has 1 aromatic carbocycles. The van der Waals surface area contributed by atoms with Gasteiger partial charge in [-0.2, -0.15) is 0 Å². The van der Waals surface area contributed by atoms with Gasteiger partial charge in [-0.3, -0.25) is 0 Å². The van der Waals surface area contributed by atoms with E-state index in [9.17, 15) is 0 Å². The number of anilines is 2. The molecule has 0 amide bonds. The van der Waals surface area contributed by atoms with E-state index < -0.39 is 0 Å². The summed E-state index contributed by atoms with van der Waals surface area (Å²) >= 11 is 3.57. The summed E-state index contributed by atoms with van der Waals surface area (Å²) in [5.41, 5.74) is 3.12. The molecule has 0 aliphatic heterocycles. The predicted octanol–water partition coefficient (Wildman–Crippen LogP) is 5.30. The summed E-state index contributed by atoms with van der Waals surface area (Å²) in [6, 6.07) is 14.9. The molecule has 5 aromatic rings. The minimum atomic E-state index is 0.846. The Labute approximate surface area is 189 Å². The molecule has 0 saturated carbocycles. The Morgan fingerprint density at radius 1 is 1.00 bits per heavy atom. The van der Waals surface area contributed by atoms with Gasteiger partial charge in [-0.15, -0.1) is 22.7 Å². The second-order valence-corrected chi connectivity index (χ2v) is 9.92. The summed E-state index contributed by atoms with van der Waals surface area (Å²) in [6.45, 7) is 2.93. The van der Waals surface area contributed by atoms with Crippen molar-refractivity contribution in [3.63, 3.8) is 0 Å². The lowest BCUT2D eigenvalue weighted by molar-refractivity contribution is 0.400. The molecule has 0 unspecified atom stereocenters. The second kappa shape index (κ2) is 8.76. The topological polar surface area (TPSA) is 68.9 Å². The molecular weight excluding hydrogens is 424 g/mol. The van der Waals surface area contributed by atoms with Crippen molar-refractivity contribution in [2.75, 3.05) is 32.5 Å². The fourth-order valence-corrected chi connectivity index (χ4v) is 5.57. The Morgan fingerprint density at radius 2 is 1.94 bits per heavy atom. The normalized spacial score (nSPS) is 11.7. The zero-order valence-electron chi connectivity index (χ0n) is 17.5. The van der Waals surface area contributed by atoms with E-state index in [4.69, 9.17) is 0 Å². The van der Waals surface area contributed by atoms with Crippen molar-refractivity contribution in [2.24, 2.45) is 0 Å². The second-order valence-electron chi connectivity index (χ2n) is 7.70. The Balaban J connectivity index is 1.36. The molecule has 0 atom stereocenters. The number of fused-ring (bicyclic) bond motifs is 2. The average Bonchev–Trinajstić information content (AvgIpc) is 3.49. The number of aromatic amines is 1. The van der Waals surface area contributed by atoms with E-state index in [1.165, 1.54) is 20.0 Å². The third kappa shape index (κ3) is 4.47. The first-order valence-corrected chi connectivity index (χ1v) is 11.8. The summed E-state index contributed by atoms with van der Waals surface area (Å²) in [5, 5.41) is 8.16. The van der Waals surface area contributed by atoms with Crippen LogP contribution in [0.1, 0.15) is 4.88 Å². The highest BCUT2D eigenvalue weighted by Crippen LogP contribution is 2.39. The van der Waals surface area contributed by atoms with Crippen LogP contribution < -0.4 is 10.6 Å². The standard InChI is InChI=1S/C23H24N6S2/c1-29(2)10-9-24-13-17-4-6-20(30-17)21-12-19-22(31-21)23(27-14-26-19)28-16-3-5-18-15(11-16)7-8-25-18/h3-8,11-12,14,24-25H,9-10,13H2,1-2H3,(H,26,27,28). The van der Waals surface area contributed by atoms with Gasteiger partial charge in [0, 0.05) is 57.1 Å². The summed E-state index contributed by atoms with van der Waals surface area (Å²) < 4.78 is 1.07. The van der Waals surface area contributed by atoms with Crippen LogP contribution in [0.25, 0.3) is 30.9 Å². The lowest BCUT2D eigenvalue weighted by Gasteiger charge is -2.09. The number of thiophene rings is 2. The van der Waals surface area contributed by atoms with Crippen molar-refractivity contribution in [3.05, 3.63) is 59.9 Å². The van der Waals surface area contributed by atoms with E-state index >= 15 is 0 Å². The highest BCUT2D eigenvalue weighted by atomic mass is 32.1. The number of H-pyrrole nitrogens is 1. The van der Waals surface area contributed by atoms with Gasteiger partial charge in [0.2, 0.25) is 0 Å². The maximum Gasteiger partial charge on any atom is 0.151 e. The minimum Gasteiger partial charge on any atom is -0.361 e. The molecule has 0 saturated heterocycles. The van der Waals surface area contributed by atoms with E-state index in [-0.39, 0.29) is 0 Å². The van der Waals surface area contributed by atoms with Crippen LogP contribution in [-0.2, 0) is 6.54 Å². The lowest BCUT2D eigenvalue weighted by Crippen LogP contribution is -2.25. The number of nitrogens with one attached hydrogen (secondary N) is 3. The van der Waals surface area contributed by atoms with Gasteiger partial charge >= 0.3 is 0 Å². The summed E-state index contributed by atoms with van der Waals surface area (Å²) in [7, 11) is 4.19. The SMILES string of the molecule is CN(C)CCNCc1ccc(-c2cc3ncnc(Nc4ccc5[nH]ccc5c4)c3s2)s1. The largest absolute Gasteiger partial charge is 0.361 e. The molecule has 158 valence electrons. The van der Waals surface area contributed by atoms with Crippen molar-refractivity contribution in [3.8, 4) is 9.75 Å². The number of aromatic nitrogens is 3. The smallest absolute Gasteiger partial charge is 0.151 e. The van der Waals surface area contributed by atoms with Gasteiger partial charge in [0.05, 0.1) is 10.2 Å². The minimum absolute atomic E-state index is 0.846. The van der Waals surface area contributed by atoms with Crippen LogP contribution >= 0.6 is 22.7 Å². The number of likely N-dealkylation sites (N-methyl/N-ethyl adjacent to an activating group) is 1. The van der Waals surface area contributed by atoms with E-state index in [1.54, 1.807) is 17.7 Å². The van der Waals surface area contributed by atoms with E-state index in [0.29, 0.717) is 0 Å². The monoisotopic (exact) mass is 448 g/mol. The highest BCUT2D eigenvalue weighted by molar-refractivity contribution is 7.26. The van der Waals surface area contributed by atoms with Crippen molar-refractivity contribution in [1.29, 1.82) is 0 Å². The molecule has 0 bridgehead atoms. The first-order valence-electron chi connectivity index (χ1n) is 10.2. The van der Waals surface area contributed by atoms with Crippen LogP contribution in [0.3, 0.4) is 0 Å². The number of nitrogens with zero attached hydrogens (tertiary/aromatic N) is 3. The van der Waals surface area contributed by atoms with E-state index in [1.807, 2.05) is 17.5 Å². The van der Waals surface area contributed by atoms with Crippen LogP contribution in [-0.4, -0.2) is 47.0 Å². The van der Waals surface area contributed by atoms with Crippen molar-refractivity contribution in [1.82, 2.24) is 25.2 Å². The third-order valence-corrected chi connectivity index (χ3v) is 7.48. The van der Waals surface area contributed by atoms with Gasteiger partial charge < -0.3 is 20.5 Å². The Hall–Kier alpha value is -2.78. The molecule has 0 aliphatic carbocycles. The van der Waals surface area contributed by atoms with Gasteiger partial charge in [-0.05, 0) is 56.6 Å². The predicted molar refractivity (Wildman–Crippen MR) is 133 cm³/mol.